The molecule has 3 aromatic rings. The lowest BCUT2D eigenvalue weighted by Gasteiger charge is -2.11. The fraction of sp³-hybridized carbons (Fsp3) is 0.200. The van der Waals surface area contributed by atoms with Crippen molar-refractivity contribution in [1.82, 2.24) is 10.3 Å². The van der Waals surface area contributed by atoms with Crippen LogP contribution in [0.2, 0.25) is 0 Å². The molecular formula is C25H25F3N2. The zero-order valence-corrected chi connectivity index (χ0v) is 17.1. The van der Waals surface area contributed by atoms with E-state index < -0.39 is 11.7 Å². The van der Waals surface area contributed by atoms with Crippen molar-refractivity contribution in [1.29, 1.82) is 0 Å². The van der Waals surface area contributed by atoms with Crippen LogP contribution in [0.3, 0.4) is 0 Å². The molecule has 0 unspecified atom stereocenters. The molecule has 0 aliphatic carbocycles. The van der Waals surface area contributed by atoms with Gasteiger partial charge in [-0.15, -0.1) is 0 Å². The number of alkyl halides is 3. The molecule has 3 rings (SSSR count). The van der Waals surface area contributed by atoms with E-state index in [2.05, 4.69) is 42.0 Å². The van der Waals surface area contributed by atoms with E-state index in [1.54, 1.807) is 6.20 Å². The Hall–Kier alpha value is -3.21. The van der Waals surface area contributed by atoms with Crippen molar-refractivity contribution in [2.45, 2.75) is 26.4 Å². The average Bonchev–Trinajstić information content (AvgIpc) is 3.13. The van der Waals surface area contributed by atoms with Crippen molar-refractivity contribution in [3.63, 3.8) is 0 Å². The number of rotatable bonds is 7. The number of nitrogens with one attached hydrogen (secondary N) is 2. The van der Waals surface area contributed by atoms with Gasteiger partial charge in [0, 0.05) is 29.3 Å². The number of aromatic amines is 1. The molecule has 2 N–H and O–H groups in total. The van der Waals surface area contributed by atoms with E-state index in [0.29, 0.717) is 23.9 Å². The number of fused-ring (bicyclic) bond motifs is 1. The van der Waals surface area contributed by atoms with Crippen LogP contribution in [-0.4, -0.2) is 11.5 Å². The molecule has 0 amide bonds. The van der Waals surface area contributed by atoms with Gasteiger partial charge in [0.2, 0.25) is 0 Å². The Bertz CT molecular complexity index is 1080. The summed E-state index contributed by atoms with van der Waals surface area (Å²) in [5, 5.41) is 3.88. The summed E-state index contributed by atoms with van der Waals surface area (Å²) in [4.78, 5) is 3.04. The minimum absolute atomic E-state index is 0.573. The van der Waals surface area contributed by atoms with Crippen molar-refractivity contribution < 1.29 is 13.2 Å². The minimum atomic E-state index is -4.35. The summed E-state index contributed by atoms with van der Waals surface area (Å²) in [5.41, 5.74) is 5.00. The smallest absolute Gasteiger partial charge is 0.385 e. The van der Waals surface area contributed by atoms with Crippen molar-refractivity contribution in [2.24, 2.45) is 0 Å². The second-order valence-electron chi connectivity index (χ2n) is 7.18. The van der Waals surface area contributed by atoms with Crippen LogP contribution >= 0.6 is 0 Å². The fourth-order valence-electron chi connectivity index (χ4n) is 3.28. The van der Waals surface area contributed by atoms with Gasteiger partial charge in [-0.1, -0.05) is 49.1 Å². The summed E-state index contributed by atoms with van der Waals surface area (Å²) in [5.74, 6) is 0. The largest absolute Gasteiger partial charge is 0.416 e. The van der Waals surface area contributed by atoms with Crippen LogP contribution in [0, 0.1) is 0 Å². The first kappa shape index (κ1) is 21.5. The van der Waals surface area contributed by atoms with Crippen LogP contribution < -0.4 is 5.32 Å². The zero-order valence-electron chi connectivity index (χ0n) is 17.1. The van der Waals surface area contributed by atoms with Crippen LogP contribution in [0.25, 0.3) is 22.2 Å². The lowest BCUT2D eigenvalue weighted by atomic mass is 10.0. The Morgan fingerprint density at radius 2 is 1.80 bits per heavy atom. The molecule has 2 aromatic carbocycles. The van der Waals surface area contributed by atoms with Gasteiger partial charge in [0.15, 0.2) is 0 Å². The number of hydrogen-bond acceptors (Lipinski definition) is 1. The Morgan fingerprint density at radius 1 is 1.10 bits per heavy atom. The molecule has 0 aliphatic heterocycles. The van der Waals surface area contributed by atoms with Crippen molar-refractivity contribution in [3.05, 3.63) is 95.7 Å². The Kier molecular flexibility index (Phi) is 6.50. The van der Waals surface area contributed by atoms with Crippen LogP contribution in [0.4, 0.5) is 13.2 Å². The summed E-state index contributed by atoms with van der Waals surface area (Å²) < 4.78 is 39.0. The molecule has 0 saturated carbocycles. The fourth-order valence-corrected chi connectivity index (χ4v) is 3.28. The first-order valence-corrected chi connectivity index (χ1v) is 9.80. The number of H-pyrrole nitrogens is 1. The van der Waals surface area contributed by atoms with Gasteiger partial charge in [0.1, 0.15) is 0 Å². The quantitative estimate of drug-likeness (QED) is 0.405. The Morgan fingerprint density at radius 3 is 2.47 bits per heavy atom. The SMILES string of the molecule is C=C(NCCc1c[nH]c2ccc(C(F)(F)F)cc12)c1ccc(/C(C)=C/C=C\C)cc1. The number of benzene rings is 2. The van der Waals surface area contributed by atoms with Gasteiger partial charge in [-0.25, -0.2) is 0 Å². The molecule has 0 atom stereocenters. The monoisotopic (exact) mass is 410 g/mol. The Labute approximate surface area is 174 Å². The summed E-state index contributed by atoms with van der Waals surface area (Å²) in [6.45, 7) is 8.70. The molecule has 0 aliphatic rings. The van der Waals surface area contributed by atoms with E-state index in [9.17, 15) is 13.2 Å². The van der Waals surface area contributed by atoms with Gasteiger partial charge in [-0.2, -0.15) is 13.2 Å². The second-order valence-corrected chi connectivity index (χ2v) is 7.18. The highest BCUT2D eigenvalue weighted by Gasteiger charge is 2.30. The molecular weight excluding hydrogens is 385 g/mol. The summed E-state index contributed by atoms with van der Waals surface area (Å²) in [6, 6.07) is 11.9. The molecule has 30 heavy (non-hydrogen) atoms. The topological polar surface area (TPSA) is 27.8 Å². The van der Waals surface area contributed by atoms with Gasteiger partial charge < -0.3 is 10.3 Å². The van der Waals surface area contributed by atoms with Crippen LogP contribution in [-0.2, 0) is 12.6 Å². The summed E-state index contributed by atoms with van der Waals surface area (Å²) in [7, 11) is 0. The lowest BCUT2D eigenvalue weighted by Crippen LogP contribution is -2.15. The molecule has 0 saturated heterocycles. The maximum absolute atomic E-state index is 13.0. The van der Waals surface area contributed by atoms with Crippen molar-refractivity contribution >= 4 is 22.2 Å². The Balaban J connectivity index is 1.63. The third-order valence-corrected chi connectivity index (χ3v) is 5.05. The van der Waals surface area contributed by atoms with Crippen LogP contribution in [0.15, 0.2) is 73.5 Å². The molecule has 1 aromatic heterocycles. The van der Waals surface area contributed by atoms with Gasteiger partial charge in [-0.05, 0) is 60.7 Å². The highest BCUT2D eigenvalue weighted by atomic mass is 19.4. The molecule has 0 bridgehead atoms. The zero-order chi connectivity index (χ0) is 21.7. The molecule has 0 radical (unpaired) electrons. The van der Waals surface area contributed by atoms with Crippen molar-refractivity contribution in [2.75, 3.05) is 6.54 Å². The highest BCUT2D eigenvalue weighted by molar-refractivity contribution is 5.84. The molecule has 5 heteroatoms. The number of halogens is 3. The van der Waals surface area contributed by atoms with Crippen molar-refractivity contribution in [3.8, 4) is 0 Å². The van der Waals surface area contributed by atoms with Crippen LogP contribution in [0.1, 0.15) is 36.1 Å². The van der Waals surface area contributed by atoms with E-state index in [1.165, 1.54) is 17.7 Å². The van der Waals surface area contributed by atoms with E-state index in [1.807, 2.05) is 31.2 Å². The van der Waals surface area contributed by atoms with Gasteiger partial charge in [-0.3, -0.25) is 0 Å². The molecule has 1 heterocycles. The standard InChI is InChI=1S/C25H25F3N2/c1-4-5-6-17(2)19-7-9-20(10-8-19)18(3)29-14-13-21-16-30-24-12-11-22(15-23(21)24)25(26,27)28/h4-12,15-16,29-30H,3,13-14H2,1-2H3/b5-4-,17-6+. The predicted octanol–water partition coefficient (Wildman–Crippen LogP) is 6.97. The average molecular weight is 410 g/mol. The maximum atomic E-state index is 13.0. The van der Waals surface area contributed by atoms with Gasteiger partial charge in [0.05, 0.1) is 5.56 Å². The first-order chi connectivity index (χ1) is 14.3. The van der Waals surface area contributed by atoms with E-state index >= 15 is 0 Å². The lowest BCUT2D eigenvalue weighted by molar-refractivity contribution is -0.137. The number of aromatic nitrogens is 1. The first-order valence-electron chi connectivity index (χ1n) is 9.80. The highest BCUT2D eigenvalue weighted by Crippen LogP contribution is 2.32. The molecule has 156 valence electrons. The predicted molar refractivity (Wildman–Crippen MR) is 119 cm³/mol. The number of allylic oxidation sites excluding steroid dienone is 4. The minimum Gasteiger partial charge on any atom is -0.385 e. The molecule has 0 spiro atoms. The third-order valence-electron chi connectivity index (χ3n) is 5.05. The van der Waals surface area contributed by atoms with Gasteiger partial charge in [0.25, 0.3) is 0 Å². The summed E-state index contributed by atoms with van der Waals surface area (Å²) >= 11 is 0. The summed E-state index contributed by atoms with van der Waals surface area (Å²) in [6.07, 6.45) is 4.07. The van der Waals surface area contributed by atoms with E-state index in [-0.39, 0.29) is 0 Å². The van der Waals surface area contributed by atoms with E-state index in [4.69, 9.17) is 0 Å². The van der Waals surface area contributed by atoms with Crippen LogP contribution in [0.5, 0.6) is 0 Å². The second kappa shape index (κ2) is 9.08. The van der Waals surface area contributed by atoms with E-state index in [0.717, 1.165) is 28.5 Å². The maximum Gasteiger partial charge on any atom is 0.416 e. The van der Waals surface area contributed by atoms with Gasteiger partial charge >= 0.3 is 6.18 Å². The molecule has 0 fully saturated rings. The molecule has 2 nitrogen and oxygen atoms in total. The number of hydrogen-bond donors (Lipinski definition) is 2. The normalized spacial score (nSPS) is 12.6. The third kappa shape index (κ3) is 5.03.